The molecular weight excluding hydrogens is 551 g/mol. The monoisotopic (exact) mass is 590 g/mol. The molecule has 1 fully saturated rings. The van der Waals surface area contributed by atoms with Crippen LogP contribution in [0.2, 0.25) is 0 Å². The first kappa shape index (κ1) is 30.4. The Kier molecular flexibility index (Phi) is 9.20. The number of carboxylic acid groups (broad SMARTS) is 1. The molecule has 8 nitrogen and oxygen atoms in total. The number of aliphatic carboxylic acids is 1. The van der Waals surface area contributed by atoms with E-state index in [0.717, 1.165) is 47.2 Å². The van der Waals surface area contributed by atoms with E-state index in [2.05, 4.69) is 17.4 Å². The van der Waals surface area contributed by atoms with Gasteiger partial charge in [-0.1, -0.05) is 50.6 Å². The number of carboxylic acids is 1. The molecule has 1 unspecified atom stereocenters. The highest BCUT2D eigenvalue weighted by atomic mass is 19.1. The minimum Gasteiger partial charge on any atom is -0.494 e. The molecule has 1 amide bonds. The number of rotatable bonds is 11. The third-order valence-electron chi connectivity index (χ3n) is 8.29. The molecule has 3 aromatic rings. The second-order valence-electron chi connectivity index (χ2n) is 11.2. The summed E-state index contributed by atoms with van der Waals surface area (Å²) < 4.78 is 32.3. The average Bonchev–Trinajstić information content (AvgIpc) is 3.61. The lowest BCUT2D eigenvalue weighted by Gasteiger charge is -2.27. The lowest BCUT2D eigenvalue weighted by molar-refractivity contribution is -0.143. The van der Waals surface area contributed by atoms with Gasteiger partial charge in [-0.25, -0.2) is 4.39 Å². The van der Waals surface area contributed by atoms with Crippen molar-refractivity contribution in [3.8, 4) is 17.2 Å². The number of fused-ring (bicyclic) bond motifs is 1. The van der Waals surface area contributed by atoms with Crippen LogP contribution in [0.3, 0.4) is 0 Å². The molecule has 1 saturated heterocycles. The Hall–Kier alpha value is -4.11. The summed E-state index contributed by atoms with van der Waals surface area (Å²) >= 11 is 0. The van der Waals surface area contributed by atoms with Gasteiger partial charge in [0, 0.05) is 29.8 Å². The predicted molar refractivity (Wildman–Crippen MR) is 161 cm³/mol. The molecule has 43 heavy (non-hydrogen) atoms. The number of nitrogens with one attached hydrogen (secondary N) is 1. The van der Waals surface area contributed by atoms with E-state index in [-0.39, 0.29) is 31.4 Å². The summed E-state index contributed by atoms with van der Waals surface area (Å²) in [5.41, 5.74) is 4.95. The highest BCUT2D eigenvalue weighted by Crippen LogP contribution is 2.48. The zero-order valence-electron chi connectivity index (χ0n) is 25.1. The standard InChI is InChI=1S/C34H39FN2O6/c1-5-12-41-24-9-10-25(27(35)16-24)33-31(34(39)40)26(23-8-11-28-29(15-23)43-19-42-28)17-37(33)18-30(38)36-32-21(6-2)13-20(4)14-22(32)7-3/h8-11,13-16,26,31,33H,5-7,12,17-19H2,1-4H3,(H,36,38)(H,39,40)/t26-,31?,33+/m1/s1. The van der Waals surface area contributed by atoms with Crippen molar-refractivity contribution in [2.24, 2.45) is 5.92 Å². The van der Waals surface area contributed by atoms with E-state index < -0.39 is 29.7 Å². The smallest absolute Gasteiger partial charge is 0.309 e. The minimum absolute atomic E-state index is 0.0941. The largest absolute Gasteiger partial charge is 0.494 e. The molecule has 0 aromatic heterocycles. The summed E-state index contributed by atoms with van der Waals surface area (Å²) in [6.07, 6.45) is 2.27. The van der Waals surface area contributed by atoms with Crippen molar-refractivity contribution in [1.29, 1.82) is 0 Å². The molecular formula is C34H39FN2O6. The number of halogens is 1. The van der Waals surface area contributed by atoms with Crippen molar-refractivity contribution in [3.05, 3.63) is 82.2 Å². The van der Waals surface area contributed by atoms with Gasteiger partial charge >= 0.3 is 5.97 Å². The number of amides is 1. The SMILES string of the molecule is CCCOc1ccc([C@H]2C(C(=O)O)[C@@H](c3ccc4c(c3)OCO4)CN2CC(=O)Nc2c(CC)cc(C)cc2CC)c(F)c1. The van der Waals surface area contributed by atoms with E-state index in [4.69, 9.17) is 14.2 Å². The van der Waals surface area contributed by atoms with Gasteiger partial charge in [0.05, 0.1) is 25.1 Å². The number of hydrogen-bond donors (Lipinski definition) is 2. The number of aryl methyl sites for hydroxylation is 3. The van der Waals surface area contributed by atoms with E-state index in [1.807, 2.05) is 33.8 Å². The van der Waals surface area contributed by atoms with Crippen molar-refractivity contribution in [1.82, 2.24) is 4.90 Å². The fraction of sp³-hybridized carbons (Fsp3) is 0.412. The number of carbonyl (C=O) groups is 2. The fourth-order valence-electron chi connectivity index (χ4n) is 6.32. The Bertz CT molecular complexity index is 1480. The Morgan fingerprint density at radius 1 is 1.02 bits per heavy atom. The zero-order valence-corrected chi connectivity index (χ0v) is 25.1. The van der Waals surface area contributed by atoms with E-state index in [1.54, 1.807) is 29.2 Å². The molecule has 0 bridgehead atoms. The molecule has 0 spiro atoms. The number of hydrogen-bond acceptors (Lipinski definition) is 6. The number of likely N-dealkylation sites (tertiary alicyclic amines) is 1. The van der Waals surface area contributed by atoms with Gasteiger partial charge in [-0.05, 0) is 61.1 Å². The van der Waals surface area contributed by atoms with Gasteiger partial charge in [0.15, 0.2) is 11.5 Å². The Balaban J connectivity index is 1.51. The Morgan fingerprint density at radius 2 is 1.74 bits per heavy atom. The summed E-state index contributed by atoms with van der Waals surface area (Å²) in [5, 5.41) is 13.7. The molecule has 9 heteroatoms. The van der Waals surface area contributed by atoms with Crippen LogP contribution in [0.1, 0.15) is 67.0 Å². The van der Waals surface area contributed by atoms with Gasteiger partial charge in [-0.2, -0.15) is 0 Å². The van der Waals surface area contributed by atoms with Crippen LogP contribution in [-0.2, 0) is 22.4 Å². The maximum Gasteiger partial charge on any atom is 0.309 e. The minimum atomic E-state index is -1.07. The van der Waals surface area contributed by atoms with E-state index in [1.165, 1.54) is 6.07 Å². The van der Waals surface area contributed by atoms with Crippen LogP contribution in [0.15, 0.2) is 48.5 Å². The van der Waals surface area contributed by atoms with Crippen molar-refractivity contribution >= 4 is 17.6 Å². The zero-order chi connectivity index (χ0) is 30.7. The molecule has 2 aliphatic heterocycles. The summed E-state index contributed by atoms with van der Waals surface area (Å²) in [7, 11) is 0. The van der Waals surface area contributed by atoms with Crippen LogP contribution in [0, 0.1) is 18.7 Å². The third-order valence-corrected chi connectivity index (χ3v) is 8.29. The van der Waals surface area contributed by atoms with Crippen LogP contribution in [-0.4, -0.2) is 48.4 Å². The Morgan fingerprint density at radius 3 is 2.40 bits per heavy atom. The van der Waals surface area contributed by atoms with Gasteiger partial charge < -0.3 is 24.6 Å². The van der Waals surface area contributed by atoms with Gasteiger partial charge in [-0.3, -0.25) is 14.5 Å². The predicted octanol–water partition coefficient (Wildman–Crippen LogP) is 6.26. The molecule has 2 heterocycles. The maximum atomic E-state index is 15.7. The fourth-order valence-corrected chi connectivity index (χ4v) is 6.32. The lowest BCUT2D eigenvalue weighted by atomic mass is 9.82. The van der Waals surface area contributed by atoms with E-state index in [9.17, 15) is 14.7 Å². The second kappa shape index (κ2) is 13.0. The Labute approximate surface area is 251 Å². The van der Waals surface area contributed by atoms with Crippen molar-refractivity contribution in [2.45, 2.75) is 58.9 Å². The number of carbonyl (C=O) groups excluding carboxylic acids is 1. The second-order valence-corrected chi connectivity index (χ2v) is 11.2. The first-order valence-corrected chi connectivity index (χ1v) is 14.9. The van der Waals surface area contributed by atoms with Crippen LogP contribution in [0.25, 0.3) is 0 Å². The molecule has 2 N–H and O–H groups in total. The third kappa shape index (κ3) is 6.32. The lowest BCUT2D eigenvalue weighted by Crippen LogP contribution is -2.36. The van der Waals surface area contributed by atoms with Crippen molar-refractivity contribution in [2.75, 3.05) is 31.8 Å². The van der Waals surface area contributed by atoms with Gasteiger partial charge in [0.1, 0.15) is 11.6 Å². The molecule has 5 rings (SSSR count). The number of anilines is 1. The van der Waals surface area contributed by atoms with E-state index in [0.29, 0.717) is 23.9 Å². The van der Waals surface area contributed by atoms with Crippen LogP contribution < -0.4 is 19.5 Å². The number of nitrogens with zero attached hydrogens (tertiary/aromatic N) is 1. The molecule has 0 saturated carbocycles. The van der Waals surface area contributed by atoms with Crippen LogP contribution >= 0.6 is 0 Å². The first-order valence-electron chi connectivity index (χ1n) is 14.9. The molecule has 3 aromatic carbocycles. The average molecular weight is 591 g/mol. The number of benzene rings is 3. The highest BCUT2D eigenvalue weighted by Gasteiger charge is 2.49. The van der Waals surface area contributed by atoms with Gasteiger partial charge in [0.25, 0.3) is 0 Å². The highest BCUT2D eigenvalue weighted by molar-refractivity contribution is 5.94. The summed E-state index contributed by atoms with van der Waals surface area (Å²) in [5.74, 6) is -1.97. The van der Waals surface area contributed by atoms with Crippen molar-refractivity contribution in [3.63, 3.8) is 0 Å². The van der Waals surface area contributed by atoms with Crippen LogP contribution in [0.5, 0.6) is 17.2 Å². The molecule has 228 valence electrons. The van der Waals surface area contributed by atoms with Crippen LogP contribution in [0.4, 0.5) is 10.1 Å². The molecule has 2 aliphatic rings. The molecule has 0 aliphatic carbocycles. The summed E-state index contributed by atoms with van der Waals surface area (Å²) in [4.78, 5) is 28.3. The summed E-state index contributed by atoms with van der Waals surface area (Å²) in [6, 6.07) is 13.1. The topological polar surface area (TPSA) is 97.3 Å². The quantitative estimate of drug-likeness (QED) is 0.272. The summed E-state index contributed by atoms with van der Waals surface area (Å²) in [6.45, 7) is 8.75. The van der Waals surface area contributed by atoms with E-state index >= 15 is 4.39 Å². The first-order chi connectivity index (χ1) is 20.7. The van der Waals surface area contributed by atoms with Gasteiger partial charge in [-0.15, -0.1) is 0 Å². The maximum absolute atomic E-state index is 15.7. The van der Waals surface area contributed by atoms with Crippen molar-refractivity contribution < 1.29 is 33.3 Å². The molecule has 3 atom stereocenters. The number of ether oxygens (including phenoxy) is 3. The molecule has 0 radical (unpaired) electrons. The van der Waals surface area contributed by atoms with Gasteiger partial charge in [0.2, 0.25) is 12.7 Å². The normalized spacial score (nSPS) is 19.4.